The molecule has 2 aliphatic heterocycles. The molecule has 8 nitrogen and oxygen atoms in total. The summed E-state index contributed by atoms with van der Waals surface area (Å²) in [5, 5.41) is 1.83. The van der Waals surface area contributed by atoms with Crippen molar-refractivity contribution in [2.24, 2.45) is 11.8 Å². The average Bonchev–Trinajstić information content (AvgIpc) is 3.22. The van der Waals surface area contributed by atoms with Gasteiger partial charge in [0.1, 0.15) is 5.75 Å². The number of ether oxygens (including phenoxy) is 4. The summed E-state index contributed by atoms with van der Waals surface area (Å²) < 4.78 is 24.6. The van der Waals surface area contributed by atoms with E-state index < -0.39 is 0 Å². The van der Waals surface area contributed by atoms with Crippen molar-refractivity contribution in [2.75, 3.05) is 44.9 Å². The number of aromatic nitrogens is 2. The molecule has 47 heavy (non-hydrogen) atoms. The quantitative estimate of drug-likeness (QED) is 0.133. The van der Waals surface area contributed by atoms with Gasteiger partial charge in [0.05, 0.1) is 43.8 Å². The molecular weight excluding hydrogens is 634 g/mol. The zero-order valence-electron chi connectivity index (χ0n) is 27.2. The number of anilines is 1. The Labute approximate surface area is 286 Å². The summed E-state index contributed by atoms with van der Waals surface area (Å²) >= 11 is 8.10. The Bertz CT molecular complexity index is 1560. The first-order valence-electron chi connectivity index (χ1n) is 17.0. The highest BCUT2D eigenvalue weighted by molar-refractivity contribution is 7.99. The lowest BCUT2D eigenvalue weighted by Crippen LogP contribution is -2.50. The zero-order chi connectivity index (χ0) is 32.4. The van der Waals surface area contributed by atoms with Crippen molar-refractivity contribution < 1.29 is 23.7 Å². The highest BCUT2D eigenvalue weighted by Gasteiger charge is 2.45. The molecule has 0 bridgehead atoms. The van der Waals surface area contributed by atoms with Crippen molar-refractivity contribution in [1.82, 2.24) is 9.97 Å². The molecule has 2 aromatic carbocycles. The van der Waals surface area contributed by atoms with E-state index >= 15 is 0 Å². The maximum atomic E-state index is 12.6. The van der Waals surface area contributed by atoms with E-state index in [-0.39, 0.29) is 28.8 Å². The summed E-state index contributed by atoms with van der Waals surface area (Å²) in [6.07, 6.45) is 11.3. The van der Waals surface area contributed by atoms with Gasteiger partial charge in [-0.05, 0) is 97.9 Å². The molecule has 2 fully saturated rings. The summed E-state index contributed by atoms with van der Waals surface area (Å²) in [6, 6.07) is 13.9. The van der Waals surface area contributed by atoms with Crippen LogP contribution in [-0.2, 0) is 26.0 Å². The Morgan fingerprint density at radius 1 is 1.17 bits per heavy atom. The largest absolute Gasteiger partial charge is 0.490 e. The van der Waals surface area contributed by atoms with Gasteiger partial charge in [-0.25, -0.2) is 14.8 Å². The number of rotatable bonds is 9. The molecule has 0 unspecified atom stereocenters. The van der Waals surface area contributed by atoms with Crippen LogP contribution in [0.1, 0.15) is 66.9 Å². The number of aryl methyl sites for hydroxylation is 1. The third-order valence-corrected chi connectivity index (χ3v) is 11.7. The van der Waals surface area contributed by atoms with E-state index in [2.05, 4.69) is 33.9 Å². The standard InChI is InChI=1S/C37H44ClN3O5S/c1-24(47-36-39-14-4-15-40-36)21-45-29-12-16-44-34(19-29)30-9-6-27(30)20-41-22-37(13-3-5-25-17-28(38)8-10-31(25)37)23-46-33-11-7-26(18-32(33)41)35(42)43-2/h4,7-8,10-11,14-15,17-18,24,27,29-30,34H,3,5-6,9,12-13,16,19-23H2,1-2H3/t24-,27+,29+,30-,34-,37+/m1/s1. The molecule has 250 valence electrons. The molecule has 0 radical (unpaired) electrons. The Morgan fingerprint density at radius 2 is 2.04 bits per heavy atom. The first-order chi connectivity index (χ1) is 22.9. The van der Waals surface area contributed by atoms with E-state index in [9.17, 15) is 4.79 Å². The van der Waals surface area contributed by atoms with E-state index in [1.807, 2.05) is 30.3 Å². The first kappa shape index (κ1) is 32.7. The molecule has 6 atom stereocenters. The van der Waals surface area contributed by atoms with Crippen LogP contribution in [0.3, 0.4) is 0 Å². The summed E-state index contributed by atoms with van der Waals surface area (Å²) in [5.41, 5.74) is 4.00. The molecule has 1 saturated carbocycles. The van der Waals surface area contributed by atoms with Crippen molar-refractivity contribution >= 4 is 35.0 Å². The van der Waals surface area contributed by atoms with Crippen LogP contribution in [0.4, 0.5) is 5.69 Å². The molecule has 4 aliphatic rings. The molecule has 3 heterocycles. The molecular formula is C37H44ClN3O5S. The van der Waals surface area contributed by atoms with Crippen LogP contribution in [0.5, 0.6) is 5.75 Å². The van der Waals surface area contributed by atoms with Crippen LogP contribution >= 0.6 is 23.4 Å². The van der Waals surface area contributed by atoms with E-state index in [1.54, 1.807) is 24.2 Å². The van der Waals surface area contributed by atoms with Gasteiger partial charge in [-0.1, -0.05) is 36.4 Å². The zero-order valence-corrected chi connectivity index (χ0v) is 28.8. The summed E-state index contributed by atoms with van der Waals surface area (Å²) in [7, 11) is 1.43. The molecule has 1 saturated heterocycles. The van der Waals surface area contributed by atoms with Crippen molar-refractivity contribution in [3.8, 4) is 5.75 Å². The number of fused-ring (bicyclic) bond motifs is 3. The van der Waals surface area contributed by atoms with E-state index in [0.29, 0.717) is 30.6 Å². The highest BCUT2D eigenvalue weighted by Crippen LogP contribution is 2.47. The SMILES string of the molecule is COC(=O)c1ccc2c(c1)N(C[C@@H]1CC[C@H]1[C@H]1C[C@@H](OC[C@@H](C)Sc3ncccn3)CCO1)C[C@@]1(CCCc3cc(Cl)ccc31)CO2. The molecule has 1 spiro atoms. The van der Waals surface area contributed by atoms with Crippen LogP contribution in [-0.4, -0.2) is 73.4 Å². The Hall–Kier alpha value is -2.85. The number of halogens is 1. The minimum atomic E-state index is -0.337. The maximum absolute atomic E-state index is 12.6. The van der Waals surface area contributed by atoms with E-state index in [1.165, 1.54) is 18.2 Å². The van der Waals surface area contributed by atoms with Crippen LogP contribution in [0.2, 0.25) is 5.02 Å². The van der Waals surface area contributed by atoms with E-state index in [4.69, 9.17) is 30.5 Å². The second kappa shape index (κ2) is 14.3. The third kappa shape index (κ3) is 7.14. The van der Waals surface area contributed by atoms with Gasteiger partial charge in [0, 0.05) is 54.2 Å². The van der Waals surface area contributed by atoms with Gasteiger partial charge < -0.3 is 23.8 Å². The Kier molecular flexibility index (Phi) is 9.96. The smallest absolute Gasteiger partial charge is 0.337 e. The number of hydrogen-bond acceptors (Lipinski definition) is 9. The number of carbonyl (C=O) groups is 1. The second-order valence-corrected chi connectivity index (χ2v) is 15.5. The van der Waals surface area contributed by atoms with Gasteiger partial charge in [0.2, 0.25) is 0 Å². The molecule has 3 aromatic rings. The van der Waals surface area contributed by atoms with Crippen LogP contribution in [0, 0.1) is 11.8 Å². The lowest BCUT2D eigenvalue weighted by molar-refractivity contribution is -0.116. The minimum absolute atomic E-state index is 0.165. The average molecular weight is 678 g/mol. The van der Waals surface area contributed by atoms with Crippen molar-refractivity contribution in [3.05, 3.63) is 76.6 Å². The molecule has 1 aromatic heterocycles. The predicted octanol–water partition coefficient (Wildman–Crippen LogP) is 7.16. The van der Waals surface area contributed by atoms with Gasteiger partial charge in [0.15, 0.2) is 5.16 Å². The van der Waals surface area contributed by atoms with Gasteiger partial charge in [-0.15, -0.1) is 0 Å². The summed E-state index contributed by atoms with van der Waals surface area (Å²) in [4.78, 5) is 23.8. The number of esters is 1. The normalized spacial score (nSPS) is 27.5. The number of nitrogens with zero attached hydrogens (tertiary/aromatic N) is 3. The first-order valence-corrected chi connectivity index (χ1v) is 18.2. The van der Waals surface area contributed by atoms with Crippen molar-refractivity contribution in [3.63, 3.8) is 0 Å². The highest BCUT2D eigenvalue weighted by atomic mass is 35.5. The van der Waals surface area contributed by atoms with Crippen molar-refractivity contribution in [1.29, 1.82) is 0 Å². The Morgan fingerprint density at radius 3 is 2.85 bits per heavy atom. The van der Waals surface area contributed by atoms with Gasteiger partial charge in [-0.3, -0.25) is 0 Å². The monoisotopic (exact) mass is 677 g/mol. The predicted molar refractivity (Wildman–Crippen MR) is 184 cm³/mol. The number of methoxy groups -OCH3 is 1. The van der Waals surface area contributed by atoms with Crippen LogP contribution in [0.15, 0.2) is 60.0 Å². The maximum Gasteiger partial charge on any atom is 0.337 e. The van der Waals surface area contributed by atoms with Gasteiger partial charge >= 0.3 is 5.97 Å². The third-order valence-electron chi connectivity index (χ3n) is 10.5. The molecule has 0 amide bonds. The topological polar surface area (TPSA) is 83.0 Å². The lowest BCUT2D eigenvalue weighted by Gasteiger charge is -2.48. The lowest BCUT2D eigenvalue weighted by atomic mass is 9.67. The number of hydrogen-bond donors (Lipinski definition) is 0. The fraction of sp³-hybridized carbons (Fsp3) is 0.541. The number of carbonyl (C=O) groups excluding carboxylic acids is 1. The minimum Gasteiger partial charge on any atom is -0.490 e. The van der Waals surface area contributed by atoms with Crippen LogP contribution < -0.4 is 9.64 Å². The molecule has 0 N–H and O–H groups in total. The van der Waals surface area contributed by atoms with Crippen LogP contribution in [0.25, 0.3) is 0 Å². The fourth-order valence-electron chi connectivity index (χ4n) is 8.03. The second-order valence-electron chi connectivity index (χ2n) is 13.6. The Balaban J connectivity index is 1.07. The van der Waals surface area contributed by atoms with Crippen molar-refractivity contribution in [2.45, 2.75) is 79.9 Å². The number of thioether (sulfide) groups is 1. The van der Waals surface area contributed by atoms with Gasteiger partial charge in [-0.2, -0.15) is 0 Å². The van der Waals surface area contributed by atoms with Gasteiger partial charge in [0.25, 0.3) is 0 Å². The fourth-order valence-corrected chi connectivity index (χ4v) is 8.97. The number of benzene rings is 2. The summed E-state index contributed by atoms with van der Waals surface area (Å²) in [6.45, 7) is 5.85. The molecule has 7 rings (SSSR count). The summed E-state index contributed by atoms with van der Waals surface area (Å²) in [5.74, 6) is 1.43. The molecule has 10 heteroatoms. The van der Waals surface area contributed by atoms with E-state index in [0.717, 1.165) is 86.3 Å². The molecule has 2 aliphatic carbocycles.